The van der Waals surface area contributed by atoms with Gasteiger partial charge in [-0.05, 0) is 26.8 Å². The first-order valence-corrected chi connectivity index (χ1v) is 9.01. The van der Waals surface area contributed by atoms with Gasteiger partial charge in [-0.3, -0.25) is 9.59 Å². The van der Waals surface area contributed by atoms with E-state index in [9.17, 15) is 9.59 Å². The summed E-state index contributed by atoms with van der Waals surface area (Å²) in [5.74, 6) is -0.302. The molecule has 25 heavy (non-hydrogen) atoms. The molecule has 0 aromatic rings. The standard InChI is InChI=1S/C19H32N2O4/c1-4-5-15-24-18(22)6-9-20-11-13-21(14-12-20)10-7-19(23)25-16-8-17(2)3/h4-5,8H,6-7,9-16H2,1-3H3/b5-4-. The summed E-state index contributed by atoms with van der Waals surface area (Å²) in [7, 11) is 0. The summed E-state index contributed by atoms with van der Waals surface area (Å²) in [5, 5.41) is 0. The molecule has 0 N–H and O–H groups in total. The number of ether oxygens (including phenoxy) is 2. The van der Waals surface area contributed by atoms with Crippen LogP contribution in [-0.2, 0) is 19.1 Å². The maximum atomic E-state index is 11.7. The Kier molecular flexibility index (Phi) is 10.8. The first-order valence-electron chi connectivity index (χ1n) is 9.01. The predicted molar refractivity (Wildman–Crippen MR) is 98.3 cm³/mol. The summed E-state index contributed by atoms with van der Waals surface area (Å²) in [6.45, 7) is 11.7. The van der Waals surface area contributed by atoms with Crippen LogP contribution in [0.2, 0.25) is 0 Å². The second kappa shape index (κ2) is 12.7. The predicted octanol–water partition coefficient (Wildman–Crippen LogP) is 2.01. The third kappa shape index (κ3) is 10.7. The summed E-state index contributed by atoms with van der Waals surface area (Å²) < 4.78 is 10.2. The van der Waals surface area contributed by atoms with Gasteiger partial charge in [-0.25, -0.2) is 0 Å². The molecule has 0 bridgehead atoms. The summed E-state index contributed by atoms with van der Waals surface area (Å²) in [6, 6.07) is 0. The van der Waals surface area contributed by atoms with Crippen molar-refractivity contribution in [1.82, 2.24) is 9.80 Å². The van der Waals surface area contributed by atoms with Gasteiger partial charge < -0.3 is 19.3 Å². The summed E-state index contributed by atoms with van der Waals surface area (Å²) >= 11 is 0. The van der Waals surface area contributed by atoms with E-state index in [-0.39, 0.29) is 11.9 Å². The van der Waals surface area contributed by atoms with Crippen LogP contribution in [-0.4, -0.2) is 74.2 Å². The van der Waals surface area contributed by atoms with E-state index in [1.54, 1.807) is 0 Å². The minimum absolute atomic E-state index is 0.149. The smallest absolute Gasteiger partial charge is 0.307 e. The third-order valence-corrected chi connectivity index (χ3v) is 4.04. The van der Waals surface area contributed by atoms with Gasteiger partial charge in [-0.2, -0.15) is 0 Å². The number of piperazine rings is 1. The third-order valence-electron chi connectivity index (χ3n) is 4.04. The van der Waals surface area contributed by atoms with Crippen LogP contribution < -0.4 is 0 Å². The molecular weight excluding hydrogens is 320 g/mol. The Hall–Kier alpha value is -1.66. The van der Waals surface area contributed by atoms with Gasteiger partial charge in [-0.1, -0.05) is 17.7 Å². The van der Waals surface area contributed by atoms with E-state index in [0.29, 0.717) is 26.1 Å². The molecule has 0 unspecified atom stereocenters. The highest BCUT2D eigenvalue weighted by molar-refractivity contribution is 5.70. The number of esters is 2. The Morgan fingerprint density at radius 3 is 1.80 bits per heavy atom. The maximum Gasteiger partial charge on any atom is 0.307 e. The van der Waals surface area contributed by atoms with Gasteiger partial charge in [0.25, 0.3) is 0 Å². The van der Waals surface area contributed by atoms with Crippen LogP contribution in [0.25, 0.3) is 0 Å². The zero-order chi connectivity index (χ0) is 18.5. The van der Waals surface area contributed by atoms with E-state index < -0.39 is 0 Å². The average molecular weight is 352 g/mol. The van der Waals surface area contributed by atoms with Gasteiger partial charge in [-0.15, -0.1) is 0 Å². The molecule has 6 nitrogen and oxygen atoms in total. The van der Waals surface area contributed by atoms with E-state index in [4.69, 9.17) is 9.47 Å². The van der Waals surface area contributed by atoms with Crippen molar-refractivity contribution in [3.8, 4) is 0 Å². The van der Waals surface area contributed by atoms with Gasteiger partial charge in [0.2, 0.25) is 0 Å². The van der Waals surface area contributed by atoms with Crippen molar-refractivity contribution in [3.63, 3.8) is 0 Å². The van der Waals surface area contributed by atoms with E-state index in [1.165, 1.54) is 0 Å². The number of nitrogens with zero attached hydrogens (tertiary/aromatic N) is 2. The van der Waals surface area contributed by atoms with Crippen LogP contribution in [0.5, 0.6) is 0 Å². The molecule has 1 heterocycles. The van der Waals surface area contributed by atoms with E-state index in [0.717, 1.165) is 44.8 Å². The zero-order valence-corrected chi connectivity index (χ0v) is 15.8. The molecule has 0 aromatic carbocycles. The van der Waals surface area contributed by atoms with Crippen molar-refractivity contribution in [1.29, 1.82) is 0 Å². The SMILES string of the molecule is C/C=C\COC(=O)CCN1CCN(CCC(=O)OCC=C(C)C)CC1. The number of carbonyl (C=O) groups is 2. The number of hydrogen-bond donors (Lipinski definition) is 0. The highest BCUT2D eigenvalue weighted by Gasteiger charge is 2.18. The Balaban J connectivity index is 2.10. The molecule has 1 rings (SSSR count). The summed E-state index contributed by atoms with van der Waals surface area (Å²) in [6.07, 6.45) is 6.44. The molecule has 1 aliphatic heterocycles. The molecule has 6 heteroatoms. The number of carbonyl (C=O) groups excluding carboxylic acids is 2. The molecule has 1 fully saturated rings. The van der Waals surface area contributed by atoms with Crippen molar-refractivity contribution in [2.75, 3.05) is 52.5 Å². The average Bonchev–Trinajstić information content (AvgIpc) is 2.59. The van der Waals surface area contributed by atoms with Crippen molar-refractivity contribution in [3.05, 3.63) is 23.8 Å². The van der Waals surface area contributed by atoms with Crippen LogP contribution in [0.15, 0.2) is 23.8 Å². The Morgan fingerprint density at radius 1 is 0.880 bits per heavy atom. The molecule has 0 aliphatic carbocycles. The van der Waals surface area contributed by atoms with Crippen molar-refractivity contribution < 1.29 is 19.1 Å². The van der Waals surface area contributed by atoms with Gasteiger partial charge >= 0.3 is 11.9 Å². The van der Waals surface area contributed by atoms with Gasteiger partial charge in [0.1, 0.15) is 13.2 Å². The van der Waals surface area contributed by atoms with Crippen molar-refractivity contribution >= 4 is 11.9 Å². The van der Waals surface area contributed by atoms with Gasteiger partial charge in [0, 0.05) is 39.3 Å². The van der Waals surface area contributed by atoms with Crippen LogP contribution in [0.3, 0.4) is 0 Å². The first-order chi connectivity index (χ1) is 12.0. The molecular formula is C19H32N2O4. The molecule has 0 aromatic heterocycles. The Bertz CT molecular complexity index is 462. The topological polar surface area (TPSA) is 59.1 Å². The molecule has 0 radical (unpaired) electrons. The van der Waals surface area contributed by atoms with Crippen LogP contribution >= 0.6 is 0 Å². The minimum atomic E-state index is -0.153. The monoisotopic (exact) mass is 352 g/mol. The number of allylic oxidation sites excluding steroid dienone is 2. The quantitative estimate of drug-likeness (QED) is 0.443. The molecule has 1 saturated heterocycles. The lowest BCUT2D eigenvalue weighted by molar-refractivity contribution is -0.144. The zero-order valence-electron chi connectivity index (χ0n) is 15.8. The largest absolute Gasteiger partial charge is 0.461 e. The molecule has 0 atom stereocenters. The van der Waals surface area contributed by atoms with Gasteiger partial charge in [0.15, 0.2) is 0 Å². The minimum Gasteiger partial charge on any atom is -0.461 e. The fourth-order valence-electron chi connectivity index (χ4n) is 2.42. The van der Waals surface area contributed by atoms with E-state index in [2.05, 4.69) is 9.80 Å². The lowest BCUT2D eigenvalue weighted by Gasteiger charge is -2.34. The Morgan fingerprint density at radius 2 is 1.36 bits per heavy atom. The van der Waals surface area contributed by atoms with Gasteiger partial charge in [0.05, 0.1) is 12.8 Å². The molecule has 0 saturated carbocycles. The van der Waals surface area contributed by atoms with Crippen LogP contribution in [0, 0.1) is 0 Å². The summed E-state index contributed by atoms with van der Waals surface area (Å²) in [4.78, 5) is 27.8. The van der Waals surface area contributed by atoms with Crippen molar-refractivity contribution in [2.45, 2.75) is 33.6 Å². The van der Waals surface area contributed by atoms with Crippen molar-refractivity contribution in [2.24, 2.45) is 0 Å². The second-order valence-corrected chi connectivity index (χ2v) is 6.40. The lowest BCUT2D eigenvalue weighted by atomic mass is 10.2. The summed E-state index contributed by atoms with van der Waals surface area (Å²) in [5.41, 5.74) is 1.15. The van der Waals surface area contributed by atoms with E-state index >= 15 is 0 Å². The highest BCUT2D eigenvalue weighted by Crippen LogP contribution is 2.04. The van der Waals surface area contributed by atoms with E-state index in [1.807, 2.05) is 39.0 Å². The maximum absolute atomic E-state index is 11.7. The highest BCUT2D eigenvalue weighted by atomic mass is 16.5. The molecule has 0 spiro atoms. The number of hydrogen-bond acceptors (Lipinski definition) is 6. The fourth-order valence-corrected chi connectivity index (χ4v) is 2.42. The number of rotatable bonds is 10. The molecule has 0 amide bonds. The molecule has 142 valence electrons. The van der Waals surface area contributed by atoms with Crippen LogP contribution in [0.1, 0.15) is 33.6 Å². The molecule has 1 aliphatic rings. The normalized spacial score (nSPS) is 16.0. The lowest BCUT2D eigenvalue weighted by Crippen LogP contribution is -2.47. The second-order valence-electron chi connectivity index (χ2n) is 6.40. The Labute approximate surface area is 151 Å². The van der Waals surface area contributed by atoms with Crippen LogP contribution in [0.4, 0.5) is 0 Å². The fraction of sp³-hybridized carbons (Fsp3) is 0.684. The first kappa shape index (κ1) is 21.4.